The molecule has 0 aromatic carbocycles. The van der Waals surface area contributed by atoms with Crippen LogP contribution in [0.5, 0.6) is 0 Å². The van der Waals surface area contributed by atoms with E-state index in [0.29, 0.717) is 37.5 Å². The van der Waals surface area contributed by atoms with E-state index in [4.69, 9.17) is 29.4 Å². The monoisotopic (exact) mass is 535 g/mol. The summed E-state index contributed by atoms with van der Waals surface area (Å²) >= 11 is 0. The third-order valence-corrected chi connectivity index (χ3v) is 9.98. The highest BCUT2D eigenvalue weighted by Gasteiger charge is 2.56. The molecule has 2 saturated heterocycles. The number of methoxy groups -OCH3 is 1. The molecule has 0 bridgehead atoms. The van der Waals surface area contributed by atoms with Gasteiger partial charge in [0.15, 0.2) is 12.6 Å². The minimum Gasteiger partial charge on any atom is -0.390 e. The zero-order valence-electron chi connectivity index (χ0n) is 23.8. The highest BCUT2D eigenvalue weighted by Crippen LogP contribution is 2.56. The van der Waals surface area contributed by atoms with Crippen molar-refractivity contribution in [2.75, 3.05) is 33.5 Å². The molecule has 3 aliphatic carbocycles. The second kappa shape index (κ2) is 11.6. The molecule has 216 valence electrons. The molecule has 0 aromatic rings. The van der Waals surface area contributed by atoms with E-state index in [0.717, 1.165) is 38.7 Å². The fourth-order valence-electron chi connectivity index (χ4n) is 7.91. The summed E-state index contributed by atoms with van der Waals surface area (Å²) in [6.07, 6.45) is 3.49. The van der Waals surface area contributed by atoms with Crippen LogP contribution < -0.4 is 5.73 Å². The van der Waals surface area contributed by atoms with E-state index in [2.05, 4.69) is 33.8 Å². The molecule has 2 unspecified atom stereocenters. The van der Waals surface area contributed by atoms with Crippen LogP contribution in [0.1, 0.15) is 59.8 Å². The van der Waals surface area contributed by atoms with Gasteiger partial charge in [-0.05, 0) is 62.0 Å². The lowest BCUT2D eigenvalue weighted by atomic mass is 9.68. The maximum absolute atomic E-state index is 12.0. The lowest BCUT2D eigenvalue weighted by Gasteiger charge is -2.43. The fraction of sp³-hybridized carbons (Fsp3) is 0.867. The van der Waals surface area contributed by atoms with Gasteiger partial charge in [-0.15, -0.1) is 0 Å². The second-order valence-electron chi connectivity index (χ2n) is 12.7. The molecule has 4 N–H and O–H groups in total. The lowest BCUT2D eigenvalue weighted by Crippen LogP contribution is -2.47. The van der Waals surface area contributed by atoms with Crippen molar-refractivity contribution in [2.24, 2.45) is 40.7 Å². The zero-order chi connectivity index (χ0) is 27.2. The average Bonchev–Trinajstić information content (AvgIpc) is 3.62. The van der Waals surface area contributed by atoms with E-state index in [1.165, 1.54) is 16.7 Å². The maximum Gasteiger partial charge on any atom is 0.185 e. The van der Waals surface area contributed by atoms with Gasteiger partial charge in [-0.25, -0.2) is 0 Å². The standard InChI is InChI=1S/C30H49NO7/c1-16(2)19-9-10-30(4)13-21-18(14-34-5)7-8-20(21)17(3)25(32)27(24(19)30)38-29-26(33)23-22(37-29)15-36-28(23)35-12-6-11-31/h13,16-18,20,22-23,25-29,32-33H,6-12,14-15,31H2,1-5H3/b21-13-/t17-,18-,20+,22-,23?,25-,26?,27-,28-,29-,30-/m1/s1. The molecule has 8 heteroatoms. The summed E-state index contributed by atoms with van der Waals surface area (Å²) in [5.41, 5.74) is 9.38. The fourth-order valence-corrected chi connectivity index (χ4v) is 7.91. The second-order valence-corrected chi connectivity index (χ2v) is 12.7. The topological polar surface area (TPSA) is 113 Å². The predicted octanol–water partition coefficient (Wildman–Crippen LogP) is 3.16. The van der Waals surface area contributed by atoms with E-state index in [-0.39, 0.29) is 23.4 Å². The molecular weight excluding hydrogens is 486 g/mol. The first-order valence-electron chi connectivity index (χ1n) is 14.8. The van der Waals surface area contributed by atoms with E-state index in [1.54, 1.807) is 7.11 Å². The molecule has 5 aliphatic rings. The smallest absolute Gasteiger partial charge is 0.185 e. The summed E-state index contributed by atoms with van der Waals surface area (Å²) in [7, 11) is 1.78. The Labute approximate surface area is 227 Å². The van der Waals surface area contributed by atoms with Crippen molar-refractivity contribution in [3.05, 3.63) is 22.8 Å². The van der Waals surface area contributed by atoms with Crippen molar-refractivity contribution in [1.29, 1.82) is 0 Å². The summed E-state index contributed by atoms with van der Waals surface area (Å²) in [6.45, 7) is 11.0. The highest BCUT2D eigenvalue weighted by molar-refractivity contribution is 5.41. The molecule has 0 aromatic heterocycles. The Balaban J connectivity index is 1.45. The number of allylic oxidation sites excluding steroid dienone is 2. The number of hydrogen-bond donors (Lipinski definition) is 3. The van der Waals surface area contributed by atoms with Gasteiger partial charge in [-0.3, -0.25) is 0 Å². The third kappa shape index (κ3) is 5.05. The molecule has 2 heterocycles. The molecule has 3 fully saturated rings. The Morgan fingerprint density at radius 3 is 2.68 bits per heavy atom. The van der Waals surface area contributed by atoms with Gasteiger partial charge in [0.1, 0.15) is 12.2 Å². The Bertz CT molecular complexity index is 905. The first-order valence-corrected chi connectivity index (χ1v) is 14.8. The normalized spacial score (nSPS) is 46.1. The molecule has 0 radical (unpaired) electrons. The van der Waals surface area contributed by atoms with Gasteiger partial charge in [-0.1, -0.05) is 44.9 Å². The van der Waals surface area contributed by atoms with Crippen LogP contribution in [0.3, 0.4) is 0 Å². The van der Waals surface area contributed by atoms with Crippen molar-refractivity contribution < 1.29 is 33.9 Å². The Morgan fingerprint density at radius 2 is 1.97 bits per heavy atom. The van der Waals surface area contributed by atoms with Gasteiger partial charge < -0.3 is 39.6 Å². The Hall–Kier alpha value is -0.840. The quantitative estimate of drug-likeness (QED) is 0.305. The third-order valence-electron chi connectivity index (χ3n) is 9.98. The minimum absolute atomic E-state index is 0.00731. The summed E-state index contributed by atoms with van der Waals surface area (Å²) < 4.78 is 30.2. The molecular formula is C30H49NO7. The average molecular weight is 536 g/mol. The number of rotatable bonds is 9. The highest BCUT2D eigenvalue weighted by atomic mass is 16.7. The van der Waals surface area contributed by atoms with Gasteiger partial charge in [0.2, 0.25) is 0 Å². The van der Waals surface area contributed by atoms with Gasteiger partial charge in [0.05, 0.1) is 37.9 Å². The lowest BCUT2D eigenvalue weighted by molar-refractivity contribution is -0.224. The molecule has 11 atom stereocenters. The number of fused-ring (bicyclic) bond motifs is 3. The van der Waals surface area contributed by atoms with Gasteiger partial charge >= 0.3 is 0 Å². The van der Waals surface area contributed by atoms with E-state index >= 15 is 0 Å². The molecule has 38 heavy (non-hydrogen) atoms. The number of hydrogen-bond acceptors (Lipinski definition) is 8. The molecule has 0 amide bonds. The van der Waals surface area contributed by atoms with E-state index in [9.17, 15) is 10.2 Å². The molecule has 0 spiro atoms. The number of nitrogens with two attached hydrogens (primary N) is 1. The Morgan fingerprint density at radius 1 is 1.18 bits per heavy atom. The molecule has 8 nitrogen and oxygen atoms in total. The van der Waals surface area contributed by atoms with Crippen LogP contribution in [0.2, 0.25) is 0 Å². The largest absolute Gasteiger partial charge is 0.390 e. The molecule has 5 rings (SSSR count). The summed E-state index contributed by atoms with van der Waals surface area (Å²) in [5.74, 6) is 0.711. The molecule has 1 saturated carbocycles. The number of aliphatic hydroxyl groups excluding tert-OH is 2. The van der Waals surface area contributed by atoms with E-state index < -0.39 is 30.9 Å². The van der Waals surface area contributed by atoms with Gasteiger partial charge in [0.25, 0.3) is 0 Å². The van der Waals surface area contributed by atoms with Gasteiger partial charge in [0, 0.05) is 18.4 Å². The van der Waals surface area contributed by atoms with Gasteiger partial charge in [-0.2, -0.15) is 0 Å². The van der Waals surface area contributed by atoms with Crippen LogP contribution in [0, 0.1) is 35.0 Å². The van der Waals surface area contributed by atoms with Crippen molar-refractivity contribution in [3.63, 3.8) is 0 Å². The summed E-state index contributed by atoms with van der Waals surface area (Å²) in [4.78, 5) is 0. The maximum atomic E-state index is 12.0. The SMILES string of the molecule is COC[C@H]1CC[C@@H]2/C1=C\[C@@]1(C)CCC(C(C)C)=C1[C@@H](O[C@H]1O[C@@H]3CO[C@@H](OCCCN)C3C1O)[C@H](O)[C@@H]2C. The minimum atomic E-state index is -0.905. The van der Waals surface area contributed by atoms with Crippen molar-refractivity contribution >= 4 is 0 Å². The van der Waals surface area contributed by atoms with Crippen LogP contribution in [0.15, 0.2) is 22.8 Å². The van der Waals surface area contributed by atoms with Crippen LogP contribution in [0.25, 0.3) is 0 Å². The molecule has 2 aliphatic heterocycles. The predicted molar refractivity (Wildman–Crippen MR) is 143 cm³/mol. The van der Waals surface area contributed by atoms with Crippen LogP contribution in [-0.2, 0) is 23.7 Å². The van der Waals surface area contributed by atoms with Crippen LogP contribution in [0.4, 0.5) is 0 Å². The van der Waals surface area contributed by atoms with Crippen molar-refractivity contribution in [3.8, 4) is 0 Å². The van der Waals surface area contributed by atoms with Crippen LogP contribution >= 0.6 is 0 Å². The first kappa shape index (κ1) is 28.7. The summed E-state index contributed by atoms with van der Waals surface area (Å²) in [6, 6.07) is 0. The Kier molecular flexibility index (Phi) is 8.73. The van der Waals surface area contributed by atoms with E-state index in [1.807, 2.05) is 0 Å². The van der Waals surface area contributed by atoms with Crippen molar-refractivity contribution in [1.82, 2.24) is 0 Å². The van der Waals surface area contributed by atoms with Crippen LogP contribution in [-0.4, -0.2) is 80.7 Å². The number of aliphatic hydroxyl groups is 2. The summed E-state index contributed by atoms with van der Waals surface area (Å²) in [5, 5.41) is 23.4. The number of ether oxygens (including phenoxy) is 5. The first-order chi connectivity index (χ1) is 18.2. The van der Waals surface area contributed by atoms with Crippen molar-refractivity contribution in [2.45, 2.75) is 96.8 Å². The zero-order valence-corrected chi connectivity index (χ0v) is 23.8.